The van der Waals surface area contributed by atoms with Crippen LogP contribution in [-0.4, -0.2) is 98.6 Å². The van der Waals surface area contributed by atoms with Crippen LogP contribution in [0.5, 0.6) is 0 Å². The number of carbonyl (C=O) groups excluding carboxylic acids is 2. The summed E-state index contributed by atoms with van der Waals surface area (Å²) in [7, 11) is 0. The van der Waals surface area contributed by atoms with Crippen LogP contribution in [0, 0.1) is 0 Å². The van der Waals surface area contributed by atoms with Gasteiger partial charge < -0.3 is 28.7 Å². The molecule has 0 bridgehead atoms. The van der Waals surface area contributed by atoms with Crippen molar-refractivity contribution in [2.75, 3.05) is 52.6 Å². The van der Waals surface area contributed by atoms with Crippen LogP contribution in [0.4, 0.5) is 0 Å². The number of ether oxygens (including phenoxy) is 4. The van der Waals surface area contributed by atoms with Crippen molar-refractivity contribution in [2.24, 2.45) is 0 Å². The Labute approximate surface area is 163 Å². The average molecular weight is 388 g/mol. The zero-order chi connectivity index (χ0) is 19.1. The lowest BCUT2D eigenvalue weighted by Crippen LogP contribution is -2.38. The molecule has 4 aliphatic rings. The van der Waals surface area contributed by atoms with Crippen molar-refractivity contribution in [1.29, 1.82) is 0 Å². The molecule has 2 amide bonds. The Kier molecular flexibility index (Phi) is 4.80. The molecule has 0 spiro atoms. The molecular formula is C20H24N2O6. The minimum Gasteiger partial charge on any atom is -0.371 e. The Morgan fingerprint density at radius 3 is 1.11 bits per heavy atom. The first-order valence-electron chi connectivity index (χ1n) is 9.81. The van der Waals surface area contributed by atoms with Gasteiger partial charge in [0.2, 0.25) is 0 Å². The van der Waals surface area contributed by atoms with E-state index in [0.717, 1.165) is 0 Å². The second-order valence-corrected chi connectivity index (χ2v) is 7.82. The number of benzene rings is 1. The van der Waals surface area contributed by atoms with Crippen molar-refractivity contribution >= 4 is 11.8 Å². The third-order valence-corrected chi connectivity index (χ3v) is 5.26. The van der Waals surface area contributed by atoms with Gasteiger partial charge in [0, 0.05) is 37.3 Å². The molecule has 4 heterocycles. The first kappa shape index (κ1) is 18.1. The fourth-order valence-corrected chi connectivity index (χ4v) is 3.28. The fourth-order valence-electron chi connectivity index (χ4n) is 3.28. The molecule has 8 heteroatoms. The third-order valence-electron chi connectivity index (χ3n) is 5.26. The molecule has 0 radical (unpaired) electrons. The number of nitrogens with zero attached hydrogens (tertiary/aromatic N) is 2. The minimum atomic E-state index is -0.0559. The van der Waals surface area contributed by atoms with Gasteiger partial charge in [-0.25, -0.2) is 0 Å². The molecule has 4 saturated heterocycles. The van der Waals surface area contributed by atoms with Gasteiger partial charge in [-0.1, -0.05) is 0 Å². The summed E-state index contributed by atoms with van der Waals surface area (Å²) in [5.41, 5.74) is 1.14. The zero-order valence-electron chi connectivity index (χ0n) is 15.6. The van der Waals surface area contributed by atoms with Crippen molar-refractivity contribution in [3.05, 3.63) is 35.4 Å². The largest absolute Gasteiger partial charge is 0.371 e. The van der Waals surface area contributed by atoms with Crippen molar-refractivity contribution in [3.63, 3.8) is 0 Å². The lowest BCUT2D eigenvalue weighted by molar-refractivity contribution is 0.0719. The van der Waals surface area contributed by atoms with Gasteiger partial charge in [0.15, 0.2) is 0 Å². The van der Waals surface area contributed by atoms with E-state index in [-0.39, 0.29) is 36.2 Å². The molecule has 5 rings (SSSR count). The molecule has 4 aliphatic heterocycles. The second kappa shape index (κ2) is 7.44. The molecule has 4 fully saturated rings. The van der Waals surface area contributed by atoms with E-state index >= 15 is 0 Å². The van der Waals surface area contributed by atoms with E-state index in [0.29, 0.717) is 63.7 Å². The van der Waals surface area contributed by atoms with Gasteiger partial charge in [-0.2, -0.15) is 0 Å². The summed E-state index contributed by atoms with van der Waals surface area (Å²) in [6, 6.07) is 6.90. The van der Waals surface area contributed by atoms with E-state index < -0.39 is 0 Å². The Balaban J connectivity index is 1.25. The van der Waals surface area contributed by atoms with Crippen LogP contribution in [0.25, 0.3) is 0 Å². The smallest absolute Gasteiger partial charge is 0.254 e. The molecule has 0 saturated carbocycles. The van der Waals surface area contributed by atoms with Crippen LogP contribution in [-0.2, 0) is 18.9 Å². The molecule has 0 aliphatic carbocycles. The normalized spacial score (nSPS) is 29.1. The lowest BCUT2D eigenvalue weighted by atomic mass is 10.1. The number of hydrogen-bond acceptors (Lipinski definition) is 6. The molecular weight excluding hydrogens is 364 g/mol. The van der Waals surface area contributed by atoms with E-state index in [9.17, 15) is 9.59 Å². The Hall–Kier alpha value is -2.00. The van der Waals surface area contributed by atoms with E-state index in [1.807, 2.05) is 0 Å². The van der Waals surface area contributed by atoms with Crippen molar-refractivity contribution in [2.45, 2.75) is 24.4 Å². The number of hydrogen-bond donors (Lipinski definition) is 0. The third kappa shape index (κ3) is 4.70. The minimum absolute atomic E-state index is 0.0559. The number of carbonyl (C=O) groups is 2. The highest BCUT2D eigenvalue weighted by Crippen LogP contribution is 2.20. The van der Waals surface area contributed by atoms with Crippen LogP contribution in [0.2, 0.25) is 0 Å². The van der Waals surface area contributed by atoms with Crippen LogP contribution >= 0.6 is 0 Å². The van der Waals surface area contributed by atoms with E-state index in [1.54, 1.807) is 34.1 Å². The summed E-state index contributed by atoms with van der Waals surface area (Å²) in [6.07, 6.45) is 0.524. The summed E-state index contributed by atoms with van der Waals surface area (Å²) < 4.78 is 21.1. The standard InChI is InChI=1S/C20H24N2O6/c23-19(21(5-15-9-25-15)6-16-10-26-16)13-1-2-14(4-3-13)20(24)22(7-17-11-27-17)8-18-12-28-18/h1-4,15-18H,5-12H2. The van der Waals surface area contributed by atoms with Gasteiger partial charge in [-0.15, -0.1) is 0 Å². The van der Waals surface area contributed by atoms with Gasteiger partial charge in [0.1, 0.15) is 0 Å². The second-order valence-electron chi connectivity index (χ2n) is 7.82. The van der Waals surface area contributed by atoms with E-state index in [1.165, 1.54) is 0 Å². The zero-order valence-corrected chi connectivity index (χ0v) is 15.6. The first-order chi connectivity index (χ1) is 13.7. The Bertz CT molecular complexity index is 647. The number of amides is 2. The fraction of sp³-hybridized carbons (Fsp3) is 0.600. The molecule has 8 nitrogen and oxygen atoms in total. The molecule has 28 heavy (non-hydrogen) atoms. The summed E-state index contributed by atoms with van der Waals surface area (Å²) in [5, 5.41) is 0. The Morgan fingerprint density at radius 2 is 0.893 bits per heavy atom. The topological polar surface area (TPSA) is 90.7 Å². The predicted octanol–water partition coefficient (Wildman–Crippen LogP) is 0.166. The maximum Gasteiger partial charge on any atom is 0.254 e. The van der Waals surface area contributed by atoms with Gasteiger partial charge in [-0.3, -0.25) is 9.59 Å². The van der Waals surface area contributed by atoms with Gasteiger partial charge in [0.25, 0.3) is 11.8 Å². The number of epoxide rings is 4. The summed E-state index contributed by atoms with van der Waals surface area (Å²) in [6.45, 7) is 5.13. The van der Waals surface area contributed by atoms with Gasteiger partial charge >= 0.3 is 0 Å². The molecule has 4 unspecified atom stereocenters. The monoisotopic (exact) mass is 388 g/mol. The highest BCUT2D eigenvalue weighted by Gasteiger charge is 2.35. The molecule has 150 valence electrons. The average Bonchev–Trinajstić information content (AvgIpc) is 3.56. The quantitative estimate of drug-likeness (QED) is 0.531. The summed E-state index contributed by atoms with van der Waals surface area (Å²) >= 11 is 0. The SMILES string of the molecule is O=C(c1ccc(C(=O)N(CC2CO2)CC2CO2)cc1)N(CC1CO1)CC1CO1. The maximum atomic E-state index is 12.9. The molecule has 0 aromatic heterocycles. The molecule has 1 aromatic rings. The summed E-state index contributed by atoms with van der Waals surface area (Å²) in [4.78, 5) is 29.3. The lowest BCUT2D eigenvalue weighted by Gasteiger charge is -2.22. The van der Waals surface area contributed by atoms with E-state index in [2.05, 4.69) is 0 Å². The summed E-state index contributed by atoms with van der Waals surface area (Å²) in [5.74, 6) is -0.112. The van der Waals surface area contributed by atoms with Gasteiger partial charge in [0.05, 0.1) is 50.8 Å². The molecule has 4 atom stereocenters. The van der Waals surface area contributed by atoms with Crippen LogP contribution in [0.1, 0.15) is 20.7 Å². The van der Waals surface area contributed by atoms with Crippen LogP contribution < -0.4 is 0 Å². The predicted molar refractivity (Wildman–Crippen MR) is 97.2 cm³/mol. The van der Waals surface area contributed by atoms with Gasteiger partial charge in [-0.05, 0) is 24.3 Å². The van der Waals surface area contributed by atoms with Crippen LogP contribution in [0.3, 0.4) is 0 Å². The molecule has 1 aromatic carbocycles. The van der Waals surface area contributed by atoms with E-state index in [4.69, 9.17) is 18.9 Å². The van der Waals surface area contributed by atoms with Crippen molar-refractivity contribution in [1.82, 2.24) is 9.80 Å². The van der Waals surface area contributed by atoms with Crippen LogP contribution in [0.15, 0.2) is 24.3 Å². The Morgan fingerprint density at radius 1 is 0.643 bits per heavy atom. The highest BCUT2D eigenvalue weighted by molar-refractivity contribution is 5.98. The highest BCUT2D eigenvalue weighted by atomic mass is 16.6. The maximum absolute atomic E-state index is 12.9. The van der Waals surface area contributed by atoms with Crippen molar-refractivity contribution in [3.8, 4) is 0 Å². The first-order valence-corrected chi connectivity index (χ1v) is 9.81. The van der Waals surface area contributed by atoms with Crippen molar-refractivity contribution < 1.29 is 28.5 Å². The molecule has 0 N–H and O–H groups in total. The number of rotatable bonds is 10.